The van der Waals surface area contributed by atoms with Gasteiger partial charge >= 0.3 is 0 Å². The molecular weight excluding hydrogens is 202 g/mol. The van der Waals surface area contributed by atoms with E-state index in [1.54, 1.807) is 6.08 Å². The highest BCUT2D eigenvalue weighted by Crippen LogP contribution is 2.05. The lowest BCUT2D eigenvalue weighted by Gasteiger charge is -2.06. The van der Waals surface area contributed by atoms with E-state index in [4.69, 9.17) is 0 Å². The van der Waals surface area contributed by atoms with Crippen LogP contribution in [0.3, 0.4) is 0 Å². The first kappa shape index (κ1) is 10.4. The van der Waals surface area contributed by atoms with Gasteiger partial charge in [0.15, 0.2) is 0 Å². The molecular formula is C13H11NO2. The smallest absolute Gasteiger partial charge is 0.257 e. The van der Waals surface area contributed by atoms with Crippen LogP contribution < -0.4 is 0 Å². The lowest BCUT2D eigenvalue weighted by atomic mass is 10.1. The number of amides is 2. The maximum absolute atomic E-state index is 11.2. The molecule has 1 aromatic carbocycles. The number of nitrogens with zero attached hydrogens (tertiary/aromatic N) is 1. The summed E-state index contributed by atoms with van der Waals surface area (Å²) in [6.45, 7) is 0. The molecule has 1 aromatic rings. The summed E-state index contributed by atoms with van der Waals surface area (Å²) in [5, 5.41) is 0. The van der Waals surface area contributed by atoms with Gasteiger partial charge in [0.1, 0.15) is 0 Å². The first-order valence-electron chi connectivity index (χ1n) is 5.03. The zero-order chi connectivity index (χ0) is 11.4. The number of allylic oxidation sites excluding steroid dienone is 1. The molecule has 0 aliphatic carbocycles. The molecule has 0 saturated heterocycles. The van der Waals surface area contributed by atoms with Crippen molar-refractivity contribution in [1.82, 2.24) is 4.90 Å². The fraction of sp³-hybridized carbons (Fsp3) is 0.0769. The Morgan fingerprint density at radius 1 is 1.00 bits per heavy atom. The molecule has 16 heavy (non-hydrogen) atoms. The summed E-state index contributed by atoms with van der Waals surface area (Å²) in [5.41, 5.74) is 1.14. The molecule has 3 nitrogen and oxygen atoms in total. The molecule has 2 amide bonds. The van der Waals surface area contributed by atoms with Crippen molar-refractivity contribution < 1.29 is 9.59 Å². The summed E-state index contributed by atoms with van der Waals surface area (Å²) in [7, 11) is 0. The van der Waals surface area contributed by atoms with Gasteiger partial charge in [-0.2, -0.15) is 0 Å². The second-order valence-corrected chi connectivity index (χ2v) is 3.45. The highest BCUT2D eigenvalue weighted by atomic mass is 16.2. The van der Waals surface area contributed by atoms with Crippen molar-refractivity contribution in [1.29, 1.82) is 0 Å². The van der Waals surface area contributed by atoms with Gasteiger partial charge < -0.3 is 0 Å². The van der Waals surface area contributed by atoms with Gasteiger partial charge in [-0.3, -0.25) is 14.5 Å². The Morgan fingerprint density at radius 2 is 1.62 bits per heavy atom. The first-order chi connectivity index (χ1) is 7.77. The van der Waals surface area contributed by atoms with E-state index >= 15 is 0 Å². The second kappa shape index (κ2) is 4.57. The summed E-state index contributed by atoms with van der Waals surface area (Å²) in [6.07, 6.45) is 6.58. The van der Waals surface area contributed by atoms with Crippen molar-refractivity contribution in [2.24, 2.45) is 0 Å². The summed E-state index contributed by atoms with van der Waals surface area (Å²) < 4.78 is 0. The minimum Gasteiger partial charge on any atom is -0.269 e. The van der Waals surface area contributed by atoms with Gasteiger partial charge in [0, 0.05) is 18.4 Å². The maximum atomic E-state index is 11.2. The molecule has 3 heteroatoms. The Bertz CT molecular complexity index is 442. The second-order valence-electron chi connectivity index (χ2n) is 3.45. The van der Waals surface area contributed by atoms with E-state index in [2.05, 4.69) is 0 Å². The SMILES string of the molecule is O=C1C=CC(=O)N1C=CCc1ccccc1. The molecule has 0 N–H and O–H groups in total. The predicted octanol–water partition coefficient (Wildman–Crippen LogP) is 1.67. The molecule has 80 valence electrons. The molecule has 0 aromatic heterocycles. The topological polar surface area (TPSA) is 37.4 Å². The monoisotopic (exact) mass is 213 g/mol. The van der Waals surface area contributed by atoms with Crippen LogP contribution in [0.25, 0.3) is 0 Å². The van der Waals surface area contributed by atoms with Gasteiger partial charge in [-0.1, -0.05) is 36.4 Å². The molecule has 0 unspecified atom stereocenters. The average Bonchev–Trinajstić information content (AvgIpc) is 2.62. The first-order valence-corrected chi connectivity index (χ1v) is 5.03. The molecule has 0 fully saturated rings. The third kappa shape index (κ3) is 2.25. The number of hydrogen-bond donors (Lipinski definition) is 0. The summed E-state index contributed by atoms with van der Waals surface area (Å²) in [5.74, 6) is -0.566. The Labute approximate surface area is 93.7 Å². The van der Waals surface area contributed by atoms with E-state index in [0.29, 0.717) is 6.42 Å². The van der Waals surface area contributed by atoms with Crippen LogP contribution in [0.2, 0.25) is 0 Å². The Kier molecular flexibility index (Phi) is 2.96. The number of carbonyl (C=O) groups is 2. The third-order valence-electron chi connectivity index (χ3n) is 2.29. The number of rotatable bonds is 3. The van der Waals surface area contributed by atoms with Crippen LogP contribution in [0.15, 0.2) is 54.8 Å². The molecule has 0 spiro atoms. The van der Waals surface area contributed by atoms with Crippen molar-refractivity contribution in [3.8, 4) is 0 Å². The molecule has 2 rings (SSSR count). The van der Waals surface area contributed by atoms with Crippen LogP contribution in [0, 0.1) is 0 Å². The van der Waals surface area contributed by atoms with E-state index in [9.17, 15) is 9.59 Å². The lowest BCUT2D eigenvalue weighted by molar-refractivity contribution is -0.133. The van der Waals surface area contributed by atoms with Gasteiger partial charge in [-0.05, 0) is 12.0 Å². The highest BCUT2D eigenvalue weighted by molar-refractivity contribution is 6.13. The standard InChI is InChI=1S/C13H11NO2/c15-12-8-9-13(16)14(12)10-4-7-11-5-2-1-3-6-11/h1-6,8-10H,7H2. The van der Waals surface area contributed by atoms with Gasteiger partial charge in [0.2, 0.25) is 0 Å². The minimum absolute atomic E-state index is 0.283. The van der Waals surface area contributed by atoms with Gasteiger partial charge in [0.05, 0.1) is 0 Å². The molecule has 0 bridgehead atoms. The van der Waals surface area contributed by atoms with E-state index in [-0.39, 0.29) is 11.8 Å². The van der Waals surface area contributed by atoms with Gasteiger partial charge in [-0.25, -0.2) is 0 Å². The van der Waals surface area contributed by atoms with Crippen LogP contribution >= 0.6 is 0 Å². The van der Waals surface area contributed by atoms with Gasteiger partial charge in [-0.15, -0.1) is 0 Å². The number of benzene rings is 1. The predicted molar refractivity (Wildman–Crippen MR) is 60.3 cm³/mol. The molecule has 0 atom stereocenters. The summed E-state index contributed by atoms with van der Waals surface area (Å²) >= 11 is 0. The molecule has 1 aliphatic rings. The highest BCUT2D eigenvalue weighted by Gasteiger charge is 2.19. The van der Waals surface area contributed by atoms with Crippen LogP contribution in [-0.4, -0.2) is 16.7 Å². The van der Waals surface area contributed by atoms with E-state index in [1.807, 2.05) is 30.3 Å². The molecule has 0 saturated carbocycles. The molecule has 0 radical (unpaired) electrons. The summed E-state index contributed by atoms with van der Waals surface area (Å²) in [6, 6.07) is 9.85. The van der Waals surface area contributed by atoms with Crippen molar-refractivity contribution in [2.45, 2.75) is 6.42 Å². The number of imide groups is 1. The average molecular weight is 213 g/mol. The van der Waals surface area contributed by atoms with Crippen molar-refractivity contribution in [3.05, 3.63) is 60.3 Å². The lowest BCUT2D eigenvalue weighted by Crippen LogP contribution is -2.23. The van der Waals surface area contributed by atoms with Crippen molar-refractivity contribution in [3.63, 3.8) is 0 Å². The fourth-order valence-corrected chi connectivity index (χ4v) is 1.47. The number of carbonyl (C=O) groups excluding carboxylic acids is 2. The van der Waals surface area contributed by atoms with Crippen LogP contribution in [-0.2, 0) is 16.0 Å². The van der Waals surface area contributed by atoms with Crippen LogP contribution in [0.4, 0.5) is 0 Å². The number of hydrogen-bond acceptors (Lipinski definition) is 2. The third-order valence-corrected chi connectivity index (χ3v) is 2.29. The molecule has 1 aliphatic heterocycles. The zero-order valence-electron chi connectivity index (χ0n) is 8.67. The minimum atomic E-state index is -0.283. The van der Waals surface area contributed by atoms with Crippen molar-refractivity contribution in [2.75, 3.05) is 0 Å². The van der Waals surface area contributed by atoms with Crippen LogP contribution in [0.1, 0.15) is 5.56 Å². The Morgan fingerprint density at radius 3 is 2.25 bits per heavy atom. The van der Waals surface area contributed by atoms with E-state index in [1.165, 1.54) is 18.4 Å². The normalized spacial score (nSPS) is 15.4. The maximum Gasteiger partial charge on any atom is 0.257 e. The molecule has 1 heterocycles. The van der Waals surface area contributed by atoms with Gasteiger partial charge in [0.25, 0.3) is 11.8 Å². The summed E-state index contributed by atoms with van der Waals surface area (Å²) in [4.78, 5) is 23.5. The Hall–Kier alpha value is -2.16. The Balaban J connectivity index is 1.96. The van der Waals surface area contributed by atoms with Crippen LogP contribution in [0.5, 0.6) is 0 Å². The quantitative estimate of drug-likeness (QED) is 0.716. The largest absolute Gasteiger partial charge is 0.269 e. The fourth-order valence-electron chi connectivity index (χ4n) is 1.47. The van der Waals surface area contributed by atoms with E-state index in [0.717, 1.165) is 10.5 Å². The van der Waals surface area contributed by atoms with Crippen molar-refractivity contribution >= 4 is 11.8 Å². The van der Waals surface area contributed by atoms with E-state index < -0.39 is 0 Å². The zero-order valence-corrected chi connectivity index (χ0v) is 8.67.